The Kier molecular flexibility index (Phi) is 2.93. The molecule has 1 heterocycles. The van der Waals surface area contributed by atoms with E-state index in [2.05, 4.69) is 10.6 Å². The third kappa shape index (κ3) is 1.88. The average Bonchev–Trinajstić information content (AvgIpc) is 2.94. The van der Waals surface area contributed by atoms with Gasteiger partial charge in [0.15, 0.2) is 0 Å². The highest BCUT2D eigenvalue weighted by atomic mass is 16.6. The van der Waals surface area contributed by atoms with Gasteiger partial charge in [0.2, 0.25) is 17.9 Å². The minimum absolute atomic E-state index is 0.210. The van der Waals surface area contributed by atoms with Gasteiger partial charge in [-0.2, -0.15) is 0 Å². The van der Waals surface area contributed by atoms with E-state index in [-0.39, 0.29) is 16.7 Å². The highest BCUT2D eigenvalue weighted by molar-refractivity contribution is 6.07. The summed E-state index contributed by atoms with van der Waals surface area (Å²) in [6, 6.07) is 4.15. The number of fused-ring (bicyclic) bond motifs is 2. The van der Waals surface area contributed by atoms with Crippen molar-refractivity contribution in [2.24, 2.45) is 0 Å². The Morgan fingerprint density at radius 3 is 2.95 bits per heavy atom. The lowest BCUT2D eigenvalue weighted by Gasteiger charge is -2.23. The molecular formula is C14H15N3O4. The molecule has 1 aromatic rings. The smallest absolute Gasteiger partial charge is 0.242 e. The van der Waals surface area contributed by atoms with Gasteiger partial charge in [0.25, 0.3) is 0 Å². The van der Waals surface area contributed by atoms with Crippen LogP contribution in [0.3, 0.4) is 0 Å². The van der Waals surface area contributed by atoms with Gasteiger partial charge in [-0.05, 0) is 30.5 Å². The number of anilines is 2. The monoisotopic (exact) mass is 289 g/mol. The molecule has 2 amide bonds. The highest BCUT2D eigenvalue weighted by Crippen LogP contribution is 2.50. The number of nitro groups is 1. The van der Waals surface area contributed by atoms with Crippen LogP contribution >= 0.6 is 0 Å². The van der Waals surface area contributed by atoms with E-state index in [0.29, 0.717) is 36.2 Å². The molecule has 2 atom stereocenters. The topological polar surface area (TPSA) is 101 Å². The molecule has 1 saturated carbocycles. The summed E-state index contributed by atoms with van der Waals surface area (Å²) in [6.45, 7) is 1.40. The molecule has 2 aliphatic rings. The van der Waals surface area contributed by atoms with Gasteiger partial charge in [0.1, 0.15) is 5.41 Å². The largest absolute Gasteiger partial charge is 0.326 e. The Hall–Kier alpha value is -2.44. The number of benzene rings is 1. The van der Waals surface area contributed by atoms with E-state index < -0.39 is 11.5 Å². The molecule has 2 unspecified atom stereocenters. The number of rotatable bonds is 2. The quantitative estimate of drug-likeness (QED) is 0.638. The van der Waals surface area contributed by atoms with Gasteiger partial charge in [-0.3, -0.25) is 19.7 Å². The number of hydrogen-bond donors (Lipinski definition) is 2. The zero-order valence-electron chi connectivity index (χ0n) is 11.5. The molecule has 7 nitrogen and oxygen atoms in total. The summed E-state index contributed by atoms with van der Waals surface area (Å²) >= 11 is 0. The number of nitrogens with zero attached hydrogens (tertiary/aromatic N) is 1. The van der Waals surface area contributed by atoms with Crippen LogP contribution in [0.25, 0.3) is 0 Å². The summed E-state index contributed by atoms with van der Waals surface area (Å²) in [5.41, 5.74) is 0.725. The van der Waals surface area contributed by atoms with Gasteiger partial charge < -0.3 is 10.6 Å². The molecule has 1 spiro atoms. The first kappa shape index (κ1) is 13.5. The standard InChI is InChI=1S/C14H15N3O4/c1-8(18)15-9-4-5-10-11(7-9)16-13(19)14(10)6-2-3-12(14)17(20)21/h4-5,7,12H,2-3,6H2,1H3,(H,15,18)(H,16,19). The maximum atomic E-state index is 12.4. The van der Waals surface area contributed by atoms with E-state index in [0.717, 1.165) is 0 Å². The minimum atomic E-state index is -1.06. The fourth-order valence-electron chi connectivity index (χ4n) is 3.53. The normalized spacial score (nSPS) is 26.5. The summed E-state index contributed by atoms with van der Waals surface area (Å²) in [4.78, 5) is 34.4. The fraction of sp³-hybridized carbons (Fsp3) is 0.429. The van der Waals surface area contributed by atoms with E-state index >= 15 is 0 Å². The van der Waals surface area contributed by atoms with Gasteiger partial charge >= 0.3 is 0 Å². The first-order valence-electron chi connectivity index (χ1n) is 6.82. The number of carbonyl (C=O) groups excluding carboxylic acids is 2. The fourth-order valence-corrected chi connectivity index (χ4v) is 3.53. The third-order valence-electron chi connectivity index (χ3n) is 4.35. The second-order valence-electron chi connectivity index (χ2n) is 5.56. The molecule has 2 N–H and O–H groups in total. The summed E-state index contributed by atoms with van der Waals surface area (Å²) in [5.74, 6) is -0.519. The Morgan fingerprint density at radius 2 is 2.29 bits per heavy atom. The molecule has 1 aromatic carbocycles. The lowest BCUT2D eigenvalue weighted by Crippen LogP contribution is -2.45. The second kappa shape index (κ2) is 4.54. The van der Waals surface area contributed by atoms with Crippen molar-refractivity contribution in [3.8, 4) is 0 Å². The SMILES string of the molecule is CC(=O)Nc1ccc2c(c1)NC(=O)C21CCCC1[N+](=O)[O-]. The summed E-state index contributed by atoms with van der Waals surface area (Å²) in [7, 11) is 0. The molecule has 0 saturated heterocycles. The van der Waals surface area contributed by atoms with Crippen LogP contribution in [0, 0.1) is 10.1 Å². The maximum absolute atomic E-state index is 12.4. The molecule has 0 radical (unpaired) electrons. The maximum Gasteiger partial charge on any atom is 0.242 e. The Morgan fingerprint density at radius 1 is 1.52 bits per heavy atom. The van der Waals surface area contributed by atoms with Crippen LogP contribution < -0.4 is 10.6 Å². The van der Waals surface area contributed by atoms with Gasteiger partial charge in [-0.15, -0.1) is 0 Å². The highest BCUT2D eigenvalue weighted by Gasteiger charge is 2.60. The molecule has 7 heteroatoms. The van der Waals surface area contributed by atoms with Gasteiger partial charge in [0, 0.05) is 29.6 Å². The van der Waals surface area contributed by atoms with E-state index in [1.807, 2.05) is 0 Å². The van der Waals surface area contributed by atoms with Crippen LogP contribution in [0.1, 0.15) is 31.7 Å². The van der Waals surface area contributed by atoms with Gasteiger partial charge in [-0.1, -0.05) is 6.07 Å². The predicted octanol–water partition coefficient (Wildman–Crippen LogP) is 1.66. The van der Waals surface area contributed by atoms with Crippen LogP contribution in [-0.2, 0) is 15.0 Å². The van der Waals surface area contributed by atoms with Crippen LogP contribution in [0.4, 0.5) is 11.4 Å². The molecule has 1 aliphatic carbocycles. The molecule has 0 bridgehead atoms. The first-order chi connectivity index (χ1) is 9.95. The minimum Gasteiger partial charge on any atom is -0.326 e. The second-order valence-corrected chi connectivity index (χ2v) is 5.56. The lowest BCUT2D eigenvalue weighted by molar-refractivity contribution is -0.528. The van der Waals surface area contributed by atoms with Gasteiger partial charge in [0.05, 0.1) is 0 Å². The third-order valence-corrected chi connectivity index (χ3v) is 4.35. The average molecular weight is 289 g/mol. The number of nitrogens with one attached hydrogen (secondary N) is 2. The van der Waals surface area contributed by atoms with Crippen molar-refractivity contribution in [3.05, 3.63) is 33.9 Å². The Bertz CT molecular complexity index is 658. The summed E-state index contributed by atoms with van der Waals surface area (Å²) < 4.78 is 0. The molecule has 1 aliphatic heterocycles. The van der Waals surface area contributed by atoms with Crippen molar-refractivity contribution >= 4 is 23.2 Å². The molecule has 21 heavy (non-hydrogen) atoms. The van der Waals surface area contributed by atoms with Crippen molar-refractivity contribution in [1.29, 1.82) is 0 Å². The molecule has 3 rings (SSSR count). The van der Waals surface area contributed by atoms with Crippen molar-refractivity contribution in [3.63, 3.8) is 0 Å². The van der Waals surface area contributed by atoms with Gasteiger partial charge in [-0.25, -0.2) is 0 Å². The van der Waals surface area contributed by atoms with Crippen LogP contribution in [0.2, 0.25) is 0 Å². The van der Waals surface area contributed by atoms with Crippen molar-refractivity contribution < 1.29 is 14.5 Å². The predicted molar refractivity (Wildman–Crippen MR) is 75.7 cm³/mol. The molecule has 1 fully saturated rings. The number of carbonyl (C=O) groups is 2. The van der Waals surface area contributed by atoms with E-state index in [4.69, 9.17) is 0 Å². The molecule has 110 valence electrons. The van der Waals surface area contributed by atoms with E-state index in [1.165, 1.54) is 6.92 Å². The lowest BCUT2D eigenvalue weighted by atomic mass is 9.77. The van der Waals surface area contributed by atoms with E-state index in [1.54, 1.807) is 18.2 Å². The Balaban J connectivity index is 2.06. The summed E-state index contributed by atoms with van der Waals surface area (Å²) in [5, 5.41) is 16.7. The van der Waals surface area contributed by atoms with Crippen LogP contribution in [0.5, 0.6) is 0 Å². The summed E-state index contributed by atoms with van der Waals surface area (Å²) in [6.07, 6.45) is 1.55. The molecular weight excluding hydrogens is 274 g/mol. The van der Waals surface area contributed by atoms with Crippen LogP contribution in [-0.4, -0.2) is 22.8 Å². The number of amides is 2. The zero-order chi connectivity index (χ0) is 15.2. The number of hydrogen-bond acceptors (Lipinski definition) is 4. The van der Waals surface area contributed by atoms with E-state index in [9.17, 15) is 19.7 Å². The van der Waals surface area contributed by atoms with Crippen LogP contribution in [0.15, 0.2) is 18.2 Å². The first-order valence-corrected chi connectivity index (χ1v) is 6.82. The van der Waals surface area contributed by atoms with Crippen molar-refractivity contribution in [2.45, 2.75) is 37.6 Å². The molecule has 0 aromatic heterocycles. The van der Waals surface area contributed by atoms with Crippen molar-refractivity contribution in [1.82, 2.24) is 0 Å². The zero-order valence-corrected chi connectivity index (χ0v) is 11.5. The van der Waals surface area contributed by atoms with Crippen molar-refractivity contribution in [2.75, 3.05) is 10.6 Å². The Labute approximate surface area is 120 Å².